The van der Waals surface area contributed by atoms with Crippen LogP contribution in [0.25, 0.3) is 0 Å². The third-order valence-electron chi connectivity index (χ3n) is 9.68. The molecule has 0 saturated carbocycles. The van der Waals surface area contributed by atoms with Crippen LogP contribution in [-0.4, -0.2) is 84.8 Å². The first kappa shape index (κ1) is 40.0. The lowest BCUT2D eigenvalue weighted by atomic mass is 9.85. The zero-order chi connectivity index (χ0) is 36.0. The Morgan fingerprint density at radius 2 is 1.80 bits per heavy atom. The summed E-state index contributed by atoms with van der Waals surface area (Å²) in [6.07, 6.45) is 13.0. The molecule has 0 aromatic heterocycles. The number of piperidine rings is 1. The van der Waals surface area contributed by atoms with E-state index in [9.17, 15) is 24.3 Å². The number of likely N-dealkylation sites (tertiary alicyclic amines) is 1. The number of hydrogen-bond donors (Lipinski definition) is 2. The Kier molecular flexibility index (Phi) is 16.1. The lowest BCUT2D eigenvalue weighted by Crippen LogP contribution is -2.61. The van der Waals surface area contributed by atoms with E-state index in [1.54, 1.807) is 14.0 Å². The van der Waals surface area contributed by atoms with Gasteiger partial charge in [0.15, 0.2) is 5.78 Å². The molecule has 0 bridgehead atoms. The average Bonchev–Trinajstić information content (AvgIpc) is 3.10. The quantitative estimate of drug-likeness (QED) is 0.172. The van der Waals surface area contributed by atoms with Crippen LogP contribution in [-0.2, 0) is 39.9 Å². The number of rotatable bonds is 17. The zero-order valence-corrected chi connectivity index (χ0v) is 30.1. The molecule has 2 aliphatic heterocycles. The summed E-state index contributed by atoms with van der Waals surface area (Å²) in [4.78, 5) is 53.8. The highest BCUT2D eigenvalue weighted by Crippen LogP contribution is 2.36. The van der Waals surface area contributed by atoms with Crippen molar-refractivity contribution in [3.63, 3.8) is 0 Å². The minimum atomic E-state index is -2.30. The Bertz CT molecular complexity index is 1340. The number of allylic oxidation sites excluding steroid dienone is 5. The van der Waals surface area contributed by atoms with Crippen molar-refractivity contribution in [2.24, 2.45) is 17.8 Å². The van der Waals surface area contributed by atoms with Crippen LogP contribution >= 0.6 is 0 Å². The van der Waals surface area contributed by atoms with Crippen LogP contribution in [0.2, 0.25) is 0 Å². The molecule has 2 amide bonds. The van der Waals surface area contributed by atoms with Gasteiger partial charge in [-0.2, -0.15) is 0 Å². The van der Waals surface area contributed by atoms with Gasteiger partial charge in [0.2, 0.25) is 11.7 Å². The van der Waals surface area contributed by atoms with E-state index in [0.29, 0.717) is 38.6 Å². The van der Waals surface area contributed by atoms with Gasteiger partial charge in [-0.05, 0) is 62.5 Å². The third-order valence-corrected chi connectivity index (χ3v) is 9.68. The fourth-order valence-electron chi connectivity index (χ4n) is 6.53. The molecule has 1 aromatic rings. The summed E-state index contributed by atoms with van der Waals surface area (Å²) in [5.74, 6) is -4.88. The maximum atomic E-state index is 13.7. The van der Waals surface area contributed by atoms with E-state index in [4.69, 9.17) is 14.2 Å². The molecule has 0 unspecified atom stereocenters. The van der Waals surface area contributed by atoms with Gasteiger partial charge >= 0.3 is 0 Å². The van der Waals surface area contributed by atoms with E-state index < -0.39 is 35.5 Å². The third kappa shape index (κ3) is 11.6. The molecule has 0 spiro atoms. The molecule has 10 heteroatoms. The van der Waals surface area contributed by atoms with Crippen molar-refractivity contribution in [1.82, 2.24) is 10.2 Å². The number of carbonyl (C=O) groups excluding carboxylic acids is 4. The molecule has 7 atom stereocenters. The van der Waals surface area contributed by atoms with Crippen molar-refractivity contribution < 1.29 is 38.5 Å². The van der Waals surface area contributed by atoms with Crippen LogP contribution in [0.5, 0.6) is 0 Å². The summed E-state index contributed by atoms with van der Waals surface area (Å²) >= 11 is 0. The molecular formula is C39H56N2O8. The highest BCUT2D eigenvalue weighted by atomic mass is 16.6. The van der Waals surface area contributed by atoms with Gasteiger partial charge in [-0.3, -0.25) is 19.2 Å². The zero-order valence-electron chi connectivity index (χ0n) is 30.1. The average molecular weight is 681 g/mol. The second kappa shape index (κ2) is 19.7. The summed E-state index contributed by atoms with van der Waals surface area (Å²) in [5.41, 5.74) is 1.87. The van der Waals surface area contributed by atoms with Crippen molar-refractivity contribution in [2.45, 2.75) is 103 Å². The molecule has 2 fully saturated rings. The summed E-state index contributed by atoms with van der Waals surface area (Å²) in [7, 11) is 3.13. The van der Waals surface area contributed by atoms with Gasteiger partial charge in [-0.1, -0.05) is 81.5 Å². The number of nitrogens with zero attached hydrogens (tertiary/aromatic N) is 1. The normalized spacial score (nSPS) is 25.2. The maximum Gasteiger partial charge on any atom is 0.296 e. The summed E-state index contributed by atoms with van der Waals surface area (Å²) < 4.78 is 16.8. The summed E-state index contributed by atoms with van der Waals surface area (Å²) in [6.45, 7) is 8.35. The standard InChI is InChI=1S/C39H56N2O8/c1-27(23-29(3)34(42)26-47-5)15-9-7-10-16-28(2)35(48-6)24-32-21-20-30(4)39(46,49-32)36(43)38(45)41-22-14-13-19-33(41)37(44)40-25-31-17-11-8-12-18-31/h7-12,15-18,27,29-30,32-33,35,46H,13-14,19-26H2,1-6H3,(H,40,44)/b10-7+,15-9-,28-16+/t27-,29-,30-,32+,33+,35+,39-/m1/s1. The Morgan fingerprint density at radius 3 is 2.49 bits per heavy atom. The highest BCUT2D eigenvalue weighted by molar-refractivity contribution is 6.39. The fraction of sp³-hybridized carbons (Fsp3) is 0.590. The minimum Gasteiger partial charge on any atom is -0.377 e. The van der Waals surface area contributed by atoms with E-state index in [0.717, 1.165) is 24.0 Å². The van der Waals surface area contributed by atoms with Gasteiger partial charge in [0.1, 0.15) is 12.6 Å². The Labute approximate surface area is 291 Å². The molecule has 2 aliphatic rings. The number of methoxy groups -OCH3 is 2. The number of Topliss-reactive ketones (excluding diaryl/α,β-unsaturated/α-hetero) is 2. The number of benzene rings is 1. The SMILES string of the molecule is COCC(=O)[C@H](C)C[C@H](C)\C=C/C=C/C=C(\C)[C@H](C[C@@H]1CC[C@@H](C)[C@](O)(C(=O)C(=O)N2CCCC[C@H]2C(=O)NCc2ccccc2)O1)OC. The van der Waals surface area contributed by atoms with Gasteiger partial charge in [0, 0.05) is 45.6 Å². The summed E-state index contributed by atoms with van der Waals surface area (Å²) in [5, 5.41) is 14.5. The van der Waals surface area contributed by atoms with Crippen LogP contribution in [0.3, 0.4) is 0 Å². The molecule has 49 heavy (non-hydrogen) atoms. The number of nitrogens with one attached hydrogen (secondary N) is 1. The maximum absolute atomic E-state index is 13.7. The molecule has 10 nitrogen and oxygen atoms in total. The topological polar surface area (TPSA) is 131 Å². The van der Waals surface area contributed by atoms with Crippen LogP contribution in [0.4, 0.5) is 0 Å². The van der Waals surface area contributed by atoms with E-state index in [-0.39, 0.29) is 42.8 Å². The molecule has 2 heterocycles. The van der Waals surface area contributed by atoms with Crippen LogP contribution in [0.15, 0.2) is 66.3 Å². The van der Waals surface area contributed by atoms with Gasteiger partial charge in [-0.25, -0.2) is 0 Å². The highest BCUT2D eigenvalue weighted by Gasteiger charge is 2.52. The molecule has 2 N–H and O–H groups in total. The van der Waals surface area contributed by atoms with Crippen molar-refractivity contribution in [3.05, 3.63) is 71.8 Å². The predicted octanol–water partition coefficient (Wildman–Crippen LogP) is 5.10. The van der Waals surface area contributed by atoms with Gasteiger partial charge in [0.05, 0.1) is 12.2 Å². The number of carbonyl (C=O) groups is 4. The largest absolute Gasteiger partial charge is 0.377 e. The van der Waals surface area contributed by atoms with Crippen molar-refractivity contribution in [3.8, 4) is 0 Å². The number of aliphatic hydroxyl groups is 1. The van der Waals surface area contributed by atoms with Gasteiger partial charge in [-0.15, -0.1) is 0 Å². The number of ether oxygens (including phenoxy) is 3. The number of hydrogen-bond acceptors (Lipinski definition) is 8. The lowest BCUT2D eigenvalue weighted by molar-refractivity contribution is -0.265. The van der Waals surface area contributed by atoms with E-state index in [1.165, 1.54) is 12.0 Å². The van der Waals surface area contributed by atoms with E-state index in [1.807, 2.05) is 68.5 Å². The Morgan fingerprint density at radius 1 is 1.06 bits per heavy atom. The summed E-state index contributed by atoms with van der Waals surface area (Å²) in [6, 6.07) is 8.69. The molecule has 1 aromatic carbocycles. The lowest BCUT2D eigenvalue weighted by Gasteiger charge is -2.42. The Hall–Kier alpha value is -3.44. The first-order valence-corrected chi connectivity index (χ1v) is 17.5. The monoisotopic (exact) mass is 680 g/mol. The van der Waals surface area contributed by atoms with Crippen LogP contribution in [0.1, 0.15) is 78.2 Å². The molecule has 0 aliphatic carbocycles. The smallest absolute Gasteiger partial charge is 0.296 e. The van der Waals surface area contributed by atoms with Crippen molar-refractivity contribution in [1.29, 1.82) is 0 Å². The molecular weight excluding hydrogens is 624 g/mol. The van der Waals surface area contributed by atoms with Crippen molar-refractivity contribution >= 4 is 23.4 Å². The number of ketones is 2. The Balaban J connectivity index is 1.60. The number of amides is 2. The molecule has 270 valence electrons. The van der Waals surface area contributed by atoms with Crippen molar-refractivity contribution in [2.75, 3.05) is 27.4 Å². The molecule has 3 rings (SSSR count). The second-order valence-corrected chi connectivity index (χ2v) is 13.6. The minimum absolute atomic E-state index is 0.0670. The first-order valence-electron chi connectivity index (χ1n) is 17.5. The van der Waals surface area contributed by atoms with Gasteiger partial charge in [0.25, 0.3) is 11.7 Å². The second-order valence-electron chi connectivity index (χ2n) is 13.6. The molecule has 2 saturated heterocycles. The first-order chi connectivity index (χ1) is 23.4. The van der Waals surface area contributed by atoms with E-state index in [2.05, 4.69) is 18.3 Å². The molecule has 0 radical (unpaired) electrons. The van der Waals surface area contributed by atoms with Crippen LogP contribution in [0, 0.1) is 17.8 Å². The predicted molar refractivity (Wildman–Crippen MR) is 188 cm³/mol. The van der Waals surface area contributed by atoms with Crippen LogP contribution < -0.4 is 5.32 Å². The fourth-order valence-corrected chi connectivity index (χ4v) is 6.53. The van der Waals surface area contributed by atoms with Gasteiger partial charge < -0.3 is 29.5 Å². The van der Waals surface area contributed by atoms with E-state index >= 15 is 0 Å².